The van der Waals surface area contributed by atoms with Crippen molar-refractivity contribution < 1.29 is 9.59 Å². The minimum absolute atomic E-state index is 0.0275. The smallest absolute Gasteiger partial charge is 0.258 e. The molecule has 7 nitrogen and oxygen atoms in total. The lowest BCUT2D eigenvalue weighted by Gasteiger charge is -2.18. The Kier molecular flexibility index (Phi) is 6.86. The molecule has 5 aromatic rings. The summed E-state index contributed by atoms with van der Waals surface area (Å²) in [7, 11) is 0. The van der Waals surface area contributed by atoms with Crippen molar-refractivity contribution >= 4 is 45.0 Å². The van der Waals surface area contributed by atoms with Gasteiger partial charge in [0.05, 0.1) is 28.1 Å². The molecule has 0 unspecified atom stereocenters. The third-order valence-electron chi connectivity index (χ3n) is 7.37. The second-order valence-electron chi connectivity index (χ2n) is 9.88. The van der Waals surface area contributed by atoms with Gasteiger partial charge in [0, 0.05) is 34.3 Å². The first kappa shape index (κ1) is 25.8. The summed E-state index contributed by atoms with van der Waals surface area (Å²) in [4.78, 5) is 42.2. The highest BCUT2D eigenvalue weighted by atomic mass is 32.1. The first-order valence-electron chi connectivity index (χ1n) is 13.5. The number of carbonyl (C=O) groups is 2. The first-order chi connectivity index (χ1) is 19.4. The van der Waals surface area contributed by atoms with Crippen LogP contribution in [-0.4, -0.2) is 33.3 Å². The predicted molar refractivity (Wildman–Crippen MR) is 160 cm³/mol. The van der Waals surface area contributed by atoms with Crippen molar-refractivity contribution in [2.45, 2.75) is 40.0 Å². The zero-order chi connectivity index (χ0) is 27.8. The van der Waals surface area contributed by atoms with Gasteiger partial charge in [-0.05, 0) is 73.7 Å². The Labute approximate surface area is 236 Å². The Morgan fingerprint density at radius 3 is 2.48 bits per heavy atom. The molecule has 6 rings (SSSR count). The largest absolute Gasteiger partial charge is 0.308 e. The van der Waals surface area contributed by atoms with Crippen LogP contribution in [-0.2, 0) is 19.3 Å². The fourth-order valence-corrected chi connectivity index (χ4v) is 5.91. The van der Waals surface area contributed by atoms with E-state index >= 15 is 0 Å². The molecule has 0 radical (unpaired) electrons. The number of hydrogen-bond acceptors (Lipinski definition) is 6. The van der Waals surface area contributed by atoms with Gasteiger partial charge in [0.2, 0.25) is 0 Å². The number of hydrogen-bond donors (Lipinski definition) is 1. The van der Waals surface area contributed by atoms with Gasteiger partial charge in [-0.25, -0.2) is 15.0 Å². The van der Waals surface area contributed by atoms with E-state index in [9.17, 15) is 9.59 Å². The highest BCUT2D eigenvalue weighted by Gasteiger charge is 2.27. The van der Waals surface area contributed by atoms with Crippen molar-refractivity contribution in [3.63, 3.8) is 0 Å². The van der Waals surface area contributed by atoms with Crippen LogP contribution in [0.1, 0.15) is 57.1 Å². The van der Waals surface area contributed by atoms with Crippen LogP contribution in [0, 0.1) is 6.92 Å². The summed E-state index contributed by atoms with van der Waals surface area (Å²) in [6, 6.07) is 19.2. The van der Waals surface area contributed by atoms with Crippen LogP contribution in [0.2, 0.25) is 0 Å². The summed E-state index contributed by atoms with van der Waals surface area (Å²) in [6.07, 6.45) is 2.42. The highest BCUT2D eigenvalue weighted by molar-refractivity contribution is 7.14. The zero-order valence-electron chi connectivity index (χ0n) is 22.7. The molecule has 40 heavy (non-hydrogen) atoms. The average Bonchev–Trinajstić information content (AvgIpc) is 3.62. The Morgan fingerprint density at radius 2 is 1.70 bits per heavy atom. The fraction of sp³-hybridized carbons (Fsp3) is 0.219. The van der Waals surface area contributed by atoms with E-state index in [0.29, 0.717) is 17.2 Å². The molecular weight excluding hydrogens is 518 g/mol. The van der Waals surface area contributed by atoms with Crippen LogP contribution < -0.4 is 10.2 Å². The lowest BCUT2D eigenvalue weighted by molar-refractivity contribution is 0.0987. The van der Waals surface area contributed by atoms with Gasteiger partial charge in [-0.2, -0.15) is 0 Å². The number of aromatic nitrogens is 3. The van der Waals surface area contributed by atoms with E-state index in [2.05, 4.69) is 30.2 Å². The number of carbonyl (C=O) groups excluding carboxylic acids is 2. The number of fused-ring (bicyclic) bond motifs is 2. The lowest BCUT2D eigenvalue weighted by Crippen LogP contribution is -2.29. The van der Waals surface area contributed by atoms with Crippen molar-refractivity contribution in [3.05, 3.63) is 99.7 Å². The monoisotopic (exact) mass is 547 g/mol. The van der Waals surface area contributed by atoms with Crippen LogP contribution in [0.5, 0.6) is 0 Å². The second kappa shape index (κ2) is 10.6. The number of aryl methyl sites for hydroxylation is 3. The van der Waals surface area contributed by atoms with Crippen molar-refractivity contribution in [1.82, 2.24) is 15.0 Å². The Hall–Kier alpha value is -4.43. The van der Waals surface area contributed by atoms with E-state index in [-0.39, 0.29) is 11.8 Å². The number of rotatable bonds is 6. The van der Waals surface area contributed by atoms with Crippen LogP contribution in [0.3, 0.4) is 0 Å². The van der Waals surface area contributed by atoms with Crippen molar-refractivity contribution in [2.24, 2.45) is 0 Å². The first-order valence-corrected chi connectivity index (χ1v) is 14.4. The molecule has 0 bridgehead atoms. The predicted octanol–water partition coefficient (Wildman–Crippen LogP) is 6.64. The molecule has 1 aliphatic heterocycles. The van der Waals surface area contributed by atoms with Gasteiger partial charge < -0.3 is 4.90 Å². The van der Waals surface area contributed by atoms with Gasteiger partial charge in [0.1, 0.15) is 0 Å². The van der Waals surface area contributed by atoms with Crippen molar-refractivity contribution in [3.8, 4) is 11.3 Å². The second-order valence-corrected chi connectivity index (χ2v) is 10.7. The van der Waals surface area contributed by atoms with E-state index in [1.807, 2.05) is 59.7 Å². The minimum Gasteiger partial charge on any atom is -0.308 e. The summed E-state index contributed by atoms with van der Waals surface area (Å²) in [5, 5.41) is 5.39. The van der Waals surface area contributed by atoms with E-state index in [0.717, 1.165) is 75.3 Å². The Morgan fingerprint density at radius 1 is 0.925 bits per heavy atom. The Balaban J connectivity index is 1.19. The number of nitrogens with one attached hydrogen (secondary N) is 1. The van der Waals surface area contributed by atoms with Gasteiger partial charge >= 0.3 is 0 Å². The number of nitrogens with zero attached hydrogens (tertiary/aromatic N) is 4. The molecule has 0 aliphatic carbocycles. The molecule has 3 heterocycles. The van der Waals surface area contributed by atoms with Gasteiger partial charge in [-0.15, -0.1) is 11.3 Å². The molecule has 0 fully saturated rings. The molecular formula is C32H29N5O2S. The summed E-state index contributed by atoms with van der Waals surface area (Å²) in [5.41, 5.74) is 9.50. The highest BCUT2D eigenvalue weighted by Crippen LogP contribution is 2.34. The zero-order valence-corrected chi connectivity index (χ0v) is 23.5. The van der Waals surface area contributed by atoms with E-state index < -0.39 is 0 Å². The van der Waals surface area contributed by atoms with Gasteiger partial charge in [0.15, 0.2) is 5.13 Å². The fourth-order valence-electron chi connectivity index (χ4n) is 5.20. The number of benzene rings is 3. The van der Waals surface area contributed by atoms with Crippen molar-refractivity contribution in [2.75, 3.05) is 16.8 Å². The third-order valence-corrected chi connectivity index (χ3v) is 8.13. The number of anilines is 2. The Bertz CT molecular complexity index is 1780. The van der Waals surface area contributed by atoms with Crippen LogP contribution in [0.4, 0.5) is 10.8 Å². The third kappa shape index (κ3) is 4.75. The van der Waals surface area contributed by atoms with Gasteiger partial charge in [-0.1, -0.05) is 38.1 Å². The van der Waals surface area contributed by atoms with Crippen molar-refractivity contribution in [1.29, 1.82) is 0 Å². The maximum Gasteiger partial charge on any atom is 0.258 e. The molecule has 2 aromatic heterocycles. The molecule has 3 aromatic carbocycles. The summed E-state index contributed by atoms with van der Waals surface area (Å²) in [6.45, 7) is 6.75. The topological polar surface area (TPSA) is 88.1 Å². The van der Waals surface area contributed by atoms with Crippen LogP contribution in [0.15, 0.2) is 66.0 Å². The van der Waals surface area contributed by atoms with Gasteiger partial charge in [-0.3, -0.25) is 14.9 Å². The molecule has 0 spiro atoms. The van der Waals surface area contributed by atoms with Gasteiger partial charge in [0.25, 0.3) is 11.8 Å². The van der Waals surface area contributed by atoms with E-state index in [4.69, 9.17) is 9.97 Å². The molecule has 0 saturated heterocycles. The molecule has 1 N–H and O–H groups in total. The standard InChI is InChI=1S/C32H29N5O2S/c1-4-24-25(5-2)34-27-17-22(10-12-26(27)33-24)30(38)36-32-35-28(18-40-32)20-11-13-29-21(16-20)14-15-37(29)31(39)23-9-7-6-8-19(23)3/h6-13,16-18H,4-5,14-15H2,1-3H3,(H,35,36,38). The lowest BCUT2D eigenvalue weighted by atomic mass is 10.1. The quantitative estimate of drug-likeness (QED) is 0.257. The molecule has 200 valence electrons. The summed E-state index contributed by atoms with van der Waals surface area (Å²) < 4.78 is 0. The van der Waals surface area contributed by atoms with Crippen LogP contribution >= 0.6 is 11.3 Å². The molecule has 0 saturated carbocycles. The number of thiazole rings is 1. The average molecular weight is 548 g/mol. The molecule has 8 heteroatoms. The van der Waals surface area contributed by atoms with Crippen LogP contribution in [0.25, 0.3) is 22.3 Å². The maximum atomic E-state index is 13.2. The number of amides is 2. The SMILES string of the molecule is CCc1nc2ccc(C(=O)Nc3nc(-c4ccc5c(c4)CCN5C(=O)c4ccccc4C)cs3)cc2nc1CC. The van der Waals surface area contributed by atoms with E-state index in [1.165, 1.54) is 11.3 Å². The minimum atomic E-state index is -0.235. The molecule has 0 atom stereocenters. The molecule has 2 amide bonds. The molecule has 1 aliphatic rings. The maximum absolute atomic E-state index is 13.2. The summed E-state index contributed by atoms with van der Waals surface area (Å²) >= 11 is 1.38. The summed E-state index contributed by atoms with van der Waals surface area (Å²) in [5.74, 6) is -0.207. The normalized spacial score (nSPS) is 12.5. The van der Waals surface area contributed by atoms with E-state index in [1.54, 1.807) is 12.1 Å².